The van der Waals surface area contributed by atoms with Crippen molar-refractivity contribution in [1.29, 1.82) is 0 Å². The summed E-state index contributed by atoms with van der Waals surface area (Å²) in [6.07, 6.45) is 6.52. The van der Waals surface area contributed by atoms with Crippen molar-refractivity contribution in [1.82, 2.24) is 14.9 Å². The molecule has 1 aliphatic rings. The molecule has 2 N–H and O–H groups in total. The zero-order valence-corrected chi connectivity index (χ0v) is 24.7. The van der Waals surface area contributed by atoms with Gasteiger partial charge in [0.1, 0.15) is 30.3 Å². The number of halogens is 2. The lowest BCUT2D eigenvalue weighted by molar-refractivity contribution is -0.144. The molecule has 0 bridgehead atoms. The van der Waals surface area contributed by atoms with E-state index in [1.54, 1.807) is 30.0 Å². The molecule has 1 amide bonds. The Hall–Kier alpha value is -4.29. The molecule has 1 aromatic heterocycles. The third-order valence-electron chi connectivity index (χ3n) is 6.35. The third kappa shape index (κ3) is 9.90. The highest BCUT2D eigenvalue weighted by molar-refractivity contribution is 6.31. The molecule has 1 fully saturated rings. The molecular weight excluding hydrogens is 581 g/mol. The smallest absolute Gasteiger partial charge is 0.320 e. The zero-order chi connectivity index (χ0) is 30.8. The van der Waals surface area contributed by atoms with Gasteiger partial charge in [0.25, 0.3) is 0 Å². The van der Waals surface area contributed by atoms with Crippen LogP contribution < -0.4 is 15.4 Å². The lowest BCUT2D eigenvalue weighted by Gasteiger charge is -2.19. The van der Waals surface area contributed by atoms with E-state index in [0.29, 0.717) is 46.4 Å². The van der Waals surface area contributed by atoms with Crippen LogP contribution in [0.15, 0.2) is 48.8 Å². The molecule has 0 unspecified atom stereocenters. The molecule has 1 heterocycles. The lowest BCUT2D eigenvalue weighted by atomic mass is 10.1. The largest absolute Gasteiger partial charge is 0.491 e. The van der Waals surface area contributed by atoms with Crippen molar-refractivity contribution in [2.45, 2.75) is 26.7 Å². The minimum atomic E-state index is -0.538. The first-order valence-electron chi connectivity index (χ1n) is 13.8. The molecule has 43 heavy (non-hydrogen) atoms. The van der Waals surface area contributed by atoms with E-state index >= 15 is 0 Å². The minimum absolute atomic E-state index is 0.0278. The van der Waals surface area contributed by atoms with Crippen molar-refractivity contribution in [3.8, 4) is 5.75 Å². The summed E-state index contributed by atoms with van der Waals surface area (Å²) in [6, 6.07) is 7.68. The van der Waals surface area contributed by atoms with Gasteiger partial charge in [0, 0.05) is 43.2 Å². The number of anilines is 3. The van der Waals surface area contributed by atoms with Crippen LogP contribution in [0.5, 0.6) is 5.75 Å². The van der Waals surface area contributed by atoms with Crippen LogP contribution in [0.1, 0.15) is 26.7 Å². The number of carbonyl (C=O) groups is 3. The van der Waals surface area contributed by atoms with Gasteiger partial charge in [-0.3, -0.25) is 19.3 Å². The Labute approximate surface area is 253 Å². The Bertz CT molecular complexity index is 1500. The van der Waals surface area contributed by atoms with Crippen LogP contribution in [-0.4, -0.2) is 72.2 Å². The summed E-state index contributed by atoms with van der Waals surface area (Å²) in [5.41, 5.74) is 1.51. The van der Waals surface area contributed by atoms with E-state index in [1.165, 1.54) is 37.5 Å². The van der Waals surface area contributed by atoms with Crippen molar-refractivity contribution in [3.05, 3.63) is 59.7 Å². The van der Waals surface area contributed by atoms with E-state index in [1.807, 2.05) is 0 Å². The molecule has 1 saturated carbocycles. The number of amides is 1. The maximum Gasteiger partial charge on any atom is 0.320 e. The van der Waals surface area contributed by atoms with Gasteiger partial charge in [-0.2, -0.15) is 0 Å². The van der Waals surface area contributed by atoms with E-state index < -0.39 is 23.7 Å². The second-order valence-electron chi connectivity index (χ2n) is 9.87. The number of ether oxygens (including phenoxy) is 3. The van der Waals surface area contributed by atoms with Gasteiger partial charge < -0.3 is 24.8 Å². The van der Waals surface area contributed by atoms with Gasteiger partial charge in [-0.05, 0) is 49.9 Å². The number of aromatic nitrogens is 2. The average Bonchev–Trinajstić information content (AvgIpc) is 3.79. The quantitative estimate of drug-likeness (QED) is 0.181. The van der Waals surface area contributed by atoms with Crippen LogP contribution in [0.3, 0.4) is 0 Å². The number of hydrogen-bond acceptors (Lipinski definition) is 10. The van der Waals surface area contributed by atoms with Crippen molar-refractivity contribution < 1.29 is 33.0 Å². The summed E-state index contributed by atoms with van der Waals surface area (Å²) in [7, 11) is 0. The van der Waals surface area contributed by atoms with Gasteiger partial charge in [0.05, 0.1) is 36.0 Å². The molecule has 4 rings (SSSR count). The fourth-order valence-electron chi connectivity index (χ4n) is 4.03. The first kappa shape index (κ1) is 31.6. The molecule has 11 nitrogen and oxygen atoms in total. The predicted molar refractivity (Wildman–Crippen MR) is 160 cm³/mol. The number of benzene rings is 2. The van der Waals surface area contributed by atoms with Crippen LogP contribution in [-0.2, 0) is 23.9 Å². The zero-order valence-electron chi connectivity index (χ0n) is 23.9. The molecule has 2 aromatic carbocycles. The third-order valence-corrected chi connectivity index (χ3v) is 6.64. The van der Waals surface area contributed by atoms with Crippen molar-refractivity contribution in [2.24, 2.45) is 5.92 Å². The molecule has 0 saturated heterocycles. The highest BCUT2D eigenvalue weighted by Gasteiger charge is 2.23. The van der Waals surface area contributed by atoms with Gasteiger partial charge in [-0.15, -0.1) is 0 Å². The number of hydrogen-bond donors (Lipinski definition) is 2. The molecule has 0 aliphatic heterocycles. The first-order chi connectivity index (χ1) is 20.7. The van der Waals surface area contributed by atoms with Crippen LogP contribution in [0, 0.1) is 11.7 Å². The van der Waals surface area contributed by atoms with Gasteiger partial charge in [0.15, 0.2) is 0 Å². The highest BCUT2D eigenvalue weighted by atomic mass is 35.5. The molecule has 0 spiro atoms. The number of fused-ring (bicyclic) bond motifs is 1. The Morgan fingerprint density at radius 3 is 2.70 bits per heavy atom. The second kappa shape index (κ2) is 15.3. The van der Waals surface area contributed by atoms with E-state index in [9.17, 15) is 18.8 Å². The molecule has 0 atom stereocenters. The normalized spacial score (nSPS) is 12.9. The number of nitrogens with zero attached hydrogens (tertiary/aromatic N) is 3. The molecule has 1 aliphatic carbocycles. The summed E-state index contributed by atoms with van der Waals surface area (Å²) in [5.74, 6) is -0.456. The standard InChI is InChI=1S/C30H33ClFN5O6/c1-3-41-29(40)16-37(11-12-42-19(2)38)10-4-5-28(39)36-26-14-22-25(15-27(26)43-17-20-6-7-20)33-18-34-30(22)35-21-8-9-24(32)23(31)13-21/h4-5,8-9,13-15,18,20H,3,6-7,10-12,16-17H2,1-2H3,(H,36,39)(H,33,34,35)/b5-4+. The fourth-order valence-corrected chi connectivity index (χ4v) is 4.21. The SMILES string of the molecule is CCOC(=O)CN(C/C=C/C(=O)Nc1cc2c(Nc3ccc(F)c(Cl)c3)ncnc2cc1OCC1CC1)CCOC(C)=O. The number of carbonyl (C=O) groups excluding carboxylic acids is 3. The van der Waals surface area contributed by atoms with Crippen molar-refractivity contribution in [3.63, 3.8) is 0 Å². The second-order valence-corrected chi connectivity index (χ2v) is 10.3. The monoisotopic (exact) mass is 613 g/mol. The van der Waals surface area contributed by atoms with Crippen LogP contribution in [0.2, 0.25) is 5.02 Å². The summed E-state index contributed by atoms with van der Waals surface area (Å²) in [5, 5.41) is 6.54. The van der Waals surface area contributed by atoms with Crippen LogP contribution in [0.4, 0.5) is 21.6 Å². The van der Waals surface area contributed by atoms with Gasteiger partial charge in [-0.1, -0.05) is 17.7 Å². The van der Waals surface area contributed by atoms with Crippen LogP contribution >= 0.6 is 11.6 Å². The molecule has 3 aromatic rings. The summed E-state index contributed by atoms with van der Waals surface area (Å²) in [4.78, 5) is 46.5. The number of nitrogens with one attached hydrogen (secondary N) is 2. The Kier molecular flexibility index (Phi) is 11.2. The molecule has 0 radical (unpaired) electrons. The minimum Gasteiger partial charge on any atom is -0.491 e. The van der Waals surface area contributed by atoms with Crippen LogP contribution in [0.25, 0.3) is 10.9 Å². The van der Waals surface area contributed by atoms with Gasteiger partial charge >= 0.3 is 11.9 Å². The average molecular weight is 614 g/mol. The van der Waals surface area contributed by atoms with Gasteiger partial charge in [-0.25, -0.2) is 14.4 Å². The maximum absolute atomic E-state index is 13.7. The van der Waals surface area contributed by atoms with Gasteiger partial charge in [0.2, 0.25) is 5.91 Å². The summed E-state index contributed by atoms with van der Waals surface area (Å²) >= 11 is 5.94. The Balaban J connectivity index is 1.51. The Morgan fingerprint density at radius 2 is 1.98 bits per heavy atom. The topological polar surface area (TPSA) is 132 Å². The highest BCUT2D eigenvalue weighted by Crippen LogP contribution is 2.36. The van der Waals surface area contributed by atoms with E-state index in [-0.39, 0.29) is 37.9 Å². The summed E-state index contributed by atoms with van der Waals surface area (Å²) in [6.45, 7) is 4.35. The predicted octanol–water partition coefficient (Wildman–Crippen LogP) is 4.88. The van der Waals surface area contributed by atoms with E-state index in [0.717, 1.165) is 12.8 Å². The maximum atomic E-state index is 13.7. The van der Waals surface area contributed by atoms with E-state index in [4.69, 9.17) is 25.8 Å². The summed E-state index contributed by atoms with van der Waals surface area (Å²) < 4.78 is 29.7. The Morgan fingerprint density at radius 1 is 1.16 bits per heavy atom. The molecular formula is C30H33ClFN5O6. The first-order valence-corrected chi connectivity index (χ1v) is 14.2. The molecule has 13 heteroatoms. The van der Waals surface area contributed by atoms with Crippen molar-refractivity contribution in [2.75, 3.05) is 50.1 Å². The van der Waals surface area contributed by atoms with E-state index in [2.05, 4.69) is 20.6 Å². The fraction of sp³-hybridized carbons (Fsp3) is 0.367. The lowest BCUT2D eigenvalue weighted by Crippen LogP contribution is -2.34. The number of rotatable bonds is 15. The molecule has 228 valence electrons. The van der Waals surface area contributed by atoms with Crippen molar-refractivity contribution >= 4 is 57.5 Å². The number of esters is 2.